The van der Waals surface area contributed by atoms with E-state index in [0.29, 0.717) is 6.61 Å². The zero-order chi connectivity index (χ0) is 13.8. The Morgan fingerprint density at radius 1 is 1.42 bits per heavy atom. The van der Waals surface area contributed by atoms with Gasteiger partial charge in [-0.25, -0.2) is 0 Å². The predicted molar refractivity (Wildman–Crippen MR) is 77.1 cm³/mol. The van der Waals surface area contributed by atoms with Crippen LogP contribution >= 0.6 is 0 Å². The van der Waals surface area contributed by atoms with E-state index in [-0.39, 0.29) is 6.04 Å². The Morgan fingerprint density at radius 3 is 2.84 bits per heavy atom. The smallest absolute Gasteiger partial charge is 0.0713 e. The number of hydrogen-bond acceptors (Lipinski definition) is 3. The lowest BCUT2D eigenvalue weighted by atomic mass is 10.1. The Kier molecular flexibility index (Phi) is 4.22. The van der Waals surface area contributed by atoms with Gasteiger partial charge >= 0.3 is 0 Å². The van der Waals surface area contributed by atoms with Gasteiger partial charge in [0, 0.05) is 31.6 Å². The molecular weight excluding hydrogens is 238 g/mol. The van der Waals surface area contributed by atoms with Crippen LogP contribution < -0.4 is 5.32 Å². The molecule has 0 aliphatic carbocycles. The maximum absolute atomic E-state index is 5.15. The van der Waals surface area contributed by atoms with Gasteiger partial charge in [-0.2, -0.15) is 5.10 Å². The Bertz CT molecular complexity index is 548. The van der Waals surface area contributed by atoms with Crippen molar-refractivity contribution in [2.45, 2.75) is 26.5 Å². The maximum atomic E-state index is 5.15. The van der Waals surface area contributed by atoms with Crippen molar-refractivity contribution in [2.24, 2.45) is 7.05 Å². The molecule has 2 rings (SSSR count). The molecule has 102 valence electrons. The molecule has 2 aromatic rings. The highest BCUT2D eigenvalue weighted by atomic mass is 16.5. The SMILES string of the molecule is COCc1cccc(NC(C)c2cn(C)nc2C)c1. The molecule has 0 radical (unpaired) electrons. The third-order valence-corrected chi connectivity index (χ3v) is 3.14. The third-order valence-electron chi connectivity index (χ3n) is 3.14. The quantitative estimate of drug-likeness (QED) is 0.897. The summed E-state index contributed by atoms with van der Waals surface area (Å²) in [4.78, 5) is 0. The number of nitrogens with zero attached hydrogens (tertiary/aromatic N) is 2. The molecule has 1 atom stereocenters. The summed E-state index contributed by atoms with van der Waals surface area (Å²) in [7, 11) is 3.66. The summed E-state index contributed by atoms with van der Waals surface area (Å²) in [5, 5.41) is 7.88. The molecule has 1 N–H and O–H groups in total. The molecule has 0 saturated heterocycles. The highest BCUT2D eigenvalue weighted by molar-refractivity contribution is 5.47. The van der Waals surface area contributed by atoms with Crippen molar-refractivity contribution < 1.29 is 4.74 Å². The van der Waals surface area contributed by atoms with Crippen LogP contribution in [0.15, 0.2) is 30.5 Å². The van der Waals surface area contributed by atoms with E-state index in [2.05, 4.69) is 41.7 Å². The molecular formula is C15H21N3O. The lowest BCUT2D eigenvalue weighted by Gasteiger charge is -2.15. The molecule has 0 fully saturated rings. The van der Waals surface area contributed by atoms with E-state index in [9.17, 15) is 0 Å². The Labute approximate surface area is 114 Å². The number of methoxy groups -OCH3 is 1. The van der Waals surface area contributed by atoms with E-state index >= 15 is 0 Å². The molecule has 1 heterocycles. The summed E-state index contributed by atoms with van der Waals surface area (Å²) in [6.07, 6.45) is 2.06. The Morgan fingerprint density at radius 2 is 2.21 bits per heavy atom. The number of benzene rings is 1. The van der Waals surface area contributed by atoms with Crippen LogP contribution in [0.1, 0.15) is 29.8 Å². The van der Waals surface area contributed by atoms with Crippen molar-refractivity contribution in [3.63, 3.8) is 0 Å². The standard InChI is InChI=1S/C15H21N3O/c1-11(15-9-18(3)17-12(15)2)16-14-7-5-6-13(8-14)10-19-4/h5-9,11,16H,10H2,1-4H3. The fourth-order valence-electron chi connectivity index (χ4n) is 2.29. The number of aromatic nitrogens is 2. The van der Waals surface area contributed by atoms with Gasteiger partial charge in [0.2, 0.25) is 0 Å². The van der Waals surface area contributed by atoms with E-state index in [1.165, 1.54) is 11.1 Å². The summed E-state index contributed by atoms with van der Waals surface area (Å²) in [5.41, 5.74) is 4.56. The van der Waals surface area contributed by atoms with Crippen molar-refractivity contribution in [1.82, 2.24) is 9.78 Å². The van der Waals surface area contributed by atoms with Crippen molar-refractivity contribution in [1.29, 1.82) is 0 Å². The van der Waals surface area contributed by atoms with Crippen molar-refractivity contribution in [3.8, 4) is 0 Å². The first-order chi connectivity index (χ1) is 9.10. The molecule has 1 aromatic heterocycles. The third kappa shape index (κ3) is 3.35. The van der Waals surface area contributed by atoms with Gasteiger partial charge < -0.3 is 10.1 Å². The average Bonchev–Trinajstić information content (AvgIpc) is 2.69. The lowest BCUT2D eigenvalue weighted by molar-refractivity contribution is 0.185. The first-order valence-corrected chi connectivity index (χ1v) is 6.44. The molecule has 1 unspecified atom stereocenters. The Balaban J connectivity index is 2.12. The second kappa shape index (κ2) is 5.89. The highest BCUT2D eigenvalue weighted by Crippen LogP contribution is 2.22. The molecule has 19 heavy (non-hydrogen) atoms. The topological polar surface area (TPSA) is 39.1 Å². The van der Waals surface area contributed by atoms with E-state index in [1.807, 2.05) is 24.7 Å². The highest BCUT2D eigenvalue weighted by Gasteiger charge is 2.11. The molecule has 0 saturated carbocycles. The van der Waals surface area contributed by atoms with Crippen molar-refractivity contribution >= 4 is 5.69 Å². The first-order valence-electron chi connectivity index (χ1n) is 6.44. The van der Waals surface area contributed by atoms with Crippen LogP contribution in [0.2, 0.25) is 0 Å². The summed E-state index contributed by atoms with van der Waals surface area (Å²) >= 11 is 0. The van der Waals surface area contributed by atoms with E-state index in [0.717, 1.165) is 11.4 Å². The summed E-state index contributed by atoms with van der Waals surface area (Å²) in [6, 6.07) is 8.52. The van der Waals surface area contributed by atoms with Gasteiger partial charge in [-0.3, -0.25) is 4.68 Å². The normalized spacial score (nSPS) is 12.4. The van der Waals surface area contributed by atoms with Crippen LogP contribution in [0.3, 0.4) is 0 Å². The second-order valence-electron chi connectivity index (χ2n) is 4.84. The van der Waals surface area contributed by atoms with Crippen molar-refractivity contribution in [2.75, 3.05) is 12.4 Å². The molecule has 1 aromatic carbocycles. The Hall–Kier alpha value is -1.81. The van der Waals surface area contributed by atoms with Crippen LogP contribution in [0.5, 0.6) is 0 Å². The average molecular weight is 259 g/mol. The number of hydrogen-bond donors (Lipinski definition) is 1. The summed E-state index contributed by atoms with van der Waals surface area (Å²) in [5.74, 6) is 0. The van der Waals surface area contributed by atoms with Gasteiger partial charge in [0.05, 0.1) is 18.3 Å². The maximum Gasteiger partial charge on any atom is 0.0713 e. The van der Waals surface area contributed by atoms with E-state index in [4.69, 9.17) is 4.74 Å². The molecule has 0 bridgehead atoms. The molecule has 0 spiro atoms. The van der Waals surface area contributed by atoms with Crippen LogP contribution in [-0.4, -0.2) is 16.9 Å². The van der Waals surface area contributed by atoms with Gasteiger partial charge in [0.25, 0.3) is 0 Å². The van der Waals surface area contributed by atoms with Gasteiger partial charge in [-0.1, -0.05) is 12.1 Å². The zero-order valence-corrected chi connectivity index (χ0v) is 12.0. The van der Waals surface area contributed by atoms with Crippen LogP contribution in [-0.2, 0) is 18.4 Å². The fraction of sp³-hybridized carbons (Fsp3) is 0.400. The number of rotatable bonds is 5. The fourth-order valence-corrected chi connectivity index (χ4v) is 2.29. The minimum Gasteiger partial charge on any atom is -0.380 e. The summed E-state index contributed by atoms with van der Waals surface area (Å²) in [6.45, 7) is 4.82. The summed E-state index contributed by atoms with van der Waals surface area (Å²) < 4.78 is 7.01. The number of anilines is 1. The second-order valence-corrected chi connectivity index (χ2v) is 4.84. The van der Waals surface area contributed by atoms with Gasteiger partial charge in [0.15, 0.2) is 0 Å². The lowest BCUT2D eigenvalue weighted by Crippen LogP contribution is -2.07. The predicted octanol–water partition coefficient (Wildman–Crippen LogP) is 3.05. The van der Waals surface area contributed by atoms with Crippen LogP contribution in [0.25, 0.3) is 0 Å². The number of aryl methyl sites for hydroxylation is 2. The van der Waals surface area contributed by atoms with Crippen molar-refractivity contribution in [3.05, 3.63) is 47.3 Å². The molecule has 0 aliphatic rings. The first kappa shape index (κ1) is 13.6. The van der Waals surface area contributed by atoms with Gasteiger partial charge in [-0.05, 0) is 31.5 Å². The van der Waals surface area contributed by atoms with E-state index in [1.54, 1.807) is 7.11 Å². The van der Waals surface area contributed by atoms with E-state index < -0.39 is 0 Å². The number of nitrogens with one attached hydrogen (secondary N) is 1. The van der Waals surface area contributed by atoms with Crippen LogP contribution in [0.4, 0.5) is 5.69 Å². The largest absolute Gasteiger partial charge is 0.380 e. The molecule has 4 heteroatoms. The molecule has 0 aliphatic heterocycles. The van der Waals surface area contributed by atoms with Gasteiger partial charge in [0.1, 0.15) is 0 Å². The molecule has 4 nitrogen and oxygen atoms in total. The number of ether oxygens (including phenoxy) is 1. The minimum absolute atomic E-state index is 0.228. The molecule has 0 amide bonds. The van der Waals surface area contributed by atoms with Crippen LogP contribution in [0, 0.1) is 6.92 Å². The van der Waals surface area contributed by atoms with Gasteiger partial charge in [-0.15, -0.1) is 0 Å². The monoisotopic (exact) mass is 259 g/mol. The minimum atomic E-state index is 0.228. The zero-order valence-electron chi connectivity index (χ0n) is 12.0.